The number of hydrogen-bond donors (Lipinski definition) is 4. The second-order valence-electron chi connectivity index (χ2n) is 10.7. The Kier molecular flexibility index (Phi) is 4.79. The summed E-state index contributed by atoms with van der Waals surface area (Å²) >= 11 is 0. The first-order valence-electron chi connectivity index (χ1n) is 12.2. The highest BCUT2D eigenvalue weighted by Crippen LogP contribution is 2.46. The normalized spacial score (nSPS) is 33.4. The summed E-state index contributed by atoms with van der Waals surface area (Å²) in [4.78, 5) is 55.6. The Morgan fingerprint density at radius 2 is 1.62 bits per heavy atom. The third kappa shape index (κ3) is 3.24. The monoisotopic (exact) mass is 464 g/mol. The van der Waals surface area contributed by atoms with E-state index in [9.17, 15) is 24.3 Å². The Hall–Kier alpha value is -3.23. The predicted molar refractivity (Wildman–Crippen MR) is 122 cm³/mol. The van der Waals surface area contributed by atoms with E-state index in [2.05, 4.69) is 10.6 Å². The van der Waals surface area contributed by atoms with Crippen molar-refractivity contribution in [3.63, 3.8) is 0 Å². The van der Waals surface area contributed by atoms with Gasteiger partial charge in [0.1, 0.15) is 5.84 Å². The molecular formula is C25H28N4O5. The highest BCUT2D eigenvalue weighted by Gasteiger charge is 2.43. The van der Waals surface area contributed by atoms with Crippen molar-refractivity contribution in [1.82, 2.24) is 10.6 Å². The number of amidine groups is 1. The average molecular weight is 465 g/mol. The number of nitrogens with two attached hydrogens (primary N) is 1. The maximum absolute atomic E-state index is 13.6. The number of nitrogens with zero attached hydrogens (tertiary/aromatic N) is 1. The third-order valence-corrected chi connectivity index (χ3v) is 8.80. The number of carboxylic acid groups (broad SMARTS) is 1. The molecule has 0 spiro atoms. The molecule has 0 saturated heterocycles. The maximum atomic E-state index is 13.6. The van der Waals surface area contributed by atoms with Crippen LogP contribution in [0.3, 0.4) is 0 Å². The summed E-state index contributed by atoms with van der Waals surface area (Å²) in [6.07, 6.45) is 8.52. The van der Waals surface area contributed by atoms with Crippen LogP contribution in [-0.4, -0.2) is 46.7 Å². The Morgan fingerprint density at radius 3 is 2.21 bits per heavy atom. The van der Waals surface area contributed by atoms with Crippen LogP contribution in [0.1, 0.15) is 98.4 Å². The smallest absolute Gasteiger partial charge is 0.336 e. The van der Waals surface area contributed by atoms with Crippen molar-refractivity contribution in [2.45, 2.75) is 63.5 Å². The Morgan fingerprint density at radius 1 is 0.941 bits per heavy atom. The number of rotatable bonds is 5. The lowest BCUT2D eigenvalue weighted by atomic mass is 9.89. The first-order valence-corrected chi connectivity index (χ1v) is 12.2. The first kappa shape index (κ1) is 21.3. The number of imide groups is 1. The Balaban J connectivity index is 1.45. The highest BCUT2D eigenvalue weighted by molar-refractivity contribution is 6.29. The van der Waals surface area contributed by atoms with Gasteiger partial charge in [-0.3, -0.25) is 24.7 Å². The van der Waals surface area contributed by atoms with Gasteiger partial charge in [0, 0.05) is 11.6 Å². The second kappa shape index (κ2) is 7.65. The average Bonchev–Trinajstić information content (AvgIpc) is 3.61. The van der Waals surface area contributed by atoms with Crippen LogP contribution < -0.4 is 16.4 Å². The molecule has 9 heteroatoms. The lowest BCUT2D eigenvalue weighted by Crippen LogP contribution is -2.40. The molecule has 6 rings (SSSR count). The fraction of sp³-hybridized carbons (Fsp3) is 0.560. The number of carboxylic acids is 1. The van der Waals surface area contributed by atoms with Crippen molar-refractivity contribution in [3.8, 4) is 0 Å². The van der Waals surface area contributed by atoms with E-state index in [0.29, 0.717) is 23.7 Å². The third-order valence-electron chi connectivity index (χ3n) is 8.80. The van der Waals surface area contributed by atoms with Gasteiger partial charge in [0.25, 0.3) is 17.7 Å². The van der Waals surface area contributed by atoms with Crippen molar-refractivity contribution < 1.29 is 24.3 Å². The van der Waals surface area contributed by atoms with Crippen LogP contribution in [0.4, 0.5) is 0 Å². The number of hydrogen-bond acceptors (Lipinski definition) is 5. The number of amides is 3. The molecule has 4 aliphatic carbocycles. The van der Waals surface area contributed by atoms with Crippen molar-refractivity contribution >= 4 is 29.5 Å². The SMILES string of the molecule is NC(=NC1CC2CCC1C2)c1cc(C(=O)O)c2c(c1C(=O)NC1CC3CCC1C3)C(=O)NC2=O. The number of aromatic carboxylic acids is 1. The quantitative estimate of drug-likeness (QED) is 0.298. The second-order valence-corrected chi connectivity index (χ2v) is 10.7. The van der Waals surface area contributed by atoms with Gasteiger partial charge in [-0.25, -0.2) is 4.79 Å². The summed E-state index contributed by atoms with van der Waals surface area (Å²) < 4.78 is 0. The minimum atomic E-state index is -1.37. The summed E-state index contributed by atoms with van der Waals surface area (Å²) in [7, 11) is 0. The van der Waals surface area contributed by atoms with Gasteiger partial charge in [-0.15, -0.1) is 0 Å². The summed E-state index contributed by atoms with van der Waals surface area (Å²) in [5, 5.41) is 15.0. The molecule has 5 aliphatic rings. The zero-order chi connectivity index (χ0) is 23.7. The number of benzene rings is 1. The predicted octanol–water partition coefficient (Wildman–Crippen LogP) is 2.08. The lowest BCUT2D eigenvalue weighted by molar-refractivity contribution is 0.0690. The van der Waals surface area contributed by atoms with Gasteiger partial charge >= 0.3 is 5.97 Å². The number of nitrogens with one attached hydrogen (secondary N) is 2. The van der Waals surface area contributed by atoms with Gasteiger partial charge in [-0.1, -0.05) is 12.8 Å². The van der Waals surface area contributed by atoms with E-state index in [1.807, 2.05) is 0 Å². The van der Waals surface area contributed by atoms with Crippen LogP contribution in [-0.2, 0) is 0 Å². The van der Waals surface area contributed by atoms with Crippen LogP contribution in [0.2, 0.25) is 0 Å². The van der Waals surface area contributed by atoms with Gasteiger partial charge in [0.15, 0.2) is 0 Å². The molecule has 4 saturated carbocycles. The Bertz CT molecular complexity index is 1170. The summed E-state index contributed by atoms with van der Waals surface area (Å²) in [6, 6.07) is 1.26. The van der Waals surface area contributed by atoms with Crippen LogP contribution >= 0.6 is 0 Å². The number of carbonyl (C=O) groups excluding carboxylic acids is 3. The van der Waals surface area contributed by atoms with Crippen LogP contribution in [0.15, 0.2) is 11.1 Å². The zero-order valence-electron chi connectivity index (χ0n) is 18.8. The van der Waals surface area contributed by atoms with Gasteiger partial charge in [0.2, 0.25) is 0 Å². The Labute approximate surface area is 196 Å². The largest absolute Gasteiger partial charge is 0.478 e. The van der Waals surface area contributed by atoms with Crippen molar-refractivity contribution in [1.29, 1.82) is 0 Å². The fourth-order valence-electron chi connectivity index (χ4n) is 7.26. The first-order chi connectivity index (χ1) is 16.3. The molecule has 1 aromatic carbocycles. The molecule has 1 aliphatic heterocycles. The van der Waals surface area contributed by atoms with Crippen molar-refractivity contribution in [3.05, 3.63) is 33.9 Å². The lowest BCUT2D eigenvalue weighted by Gasteiger charge is -2.24. The molecule has 4 fully saturated rings. The minimum absolute atomic E-state index is 0.00204. The van der Waals surface area contributed by atoms with E-state index >= 15 is 0 Å². The van der Waals surface area contributed by atoms with Crippen LogP contribution in [0.5, 0.6) is 0 Å². The topological polar surface area (TPSA) is 151 Å². The summed E-state index contributed by atoms with van der Waals surface area (Å²) in [5.74, 6) is -1.35. The van der Waals surface area contributed by atoms with Gasteiger partial charge in [-0.05, 0) is 68.3 Å². The van der Waals surface area contributed by atoms with Gasteiger partial charge < -0.3 is 16.2 Å². The van der Waals surface area contributed by atoms with Crippen LogP contribution in [0, 0.1) is 23.7 Å². The molecular weight excluding hydrogens is 436 g/mol. The molecule has 3 amide bonds. The maximum Gasteiger partial charge on any atom is 0.336 e. The van der Waals surface area contributed by atoms with E-state index in [1.165, 1.54) is 18.9 Å². The van der Waals surface area contributed by atoms with Crippen molar-refractivity contribution in [2.24, 2.45) is 34.4 Å². The molecule has 0 aromatic heterocycles. The van der Waals surface area contributed by atoms with Gasteiger partial charge in [0.05, 0.1) is 28.3 Å². The molecule has 34 heavy (non-hydrogen) atoms. The minimum Gasteiger partial charge on any atom is -0.478 e. The standard InChI is InChI=1S/C25H28N4O5/c26-21(27-16-7-10-1-3-12(16)5-10)14-9-15(25(33)34)19-20(24(32)29-23(19)31)18(14)22(30)28-17-8-11-2-4-13(17)6-11/h9-13,16-17H,1-8H2,(H2,26,27)(H,28,30)(H,33,34)(H,29,31,32). The van der Waals surface area contributed by atoms with E-state index in [4.69, 9.17) is 10.7 Å². The summed E-state index contributed by atoms with van der Waals surface area (Å²) in [6.45, 7) is 0. The molecule has 1 heterocycles. The van der Waals surface area contributed by atoms with Crippen molar-refractivity contribution in [2.75, 3.05) is 0 Å². The summed E-state index contributed by atoms with van der Waals surface area (Å²) in [5.41, 5.74) is 5.63. The number of carbonyl (C=O) groups is 4. The fourth-order valence-corrected chi connectivity index (χ4v) is 7.26. The molecule has 6 atom stereocenters. The molecule has 9 nitrogen and oxygen atoms in total. The molecule has 6 unspecified atom stereocenters. The molecule has 0 radical (unpaired) electrons. The van der Waals surface area contributed by atoms with E-state index in [1.54, 1.807) is 0 Å². The van der Waals surface area contributed by atoms with Gasteiger partial charge in [-0.2, -0.15) is 0 Å². The van der Waals surface area contributed by atoms with Crippen LogP contribution in [0.25, 0.3) is 0 Å². The molecule has 178 valence electrons. The highest BCUT2D eigenvalue weighted by atomic mass is 16.4. The number of fused-ring (bicyclic) bond motifs is 5. The molecule has 5 N–H and O–H groups in total. The zero-order valence-corrected chi connectivity index (χ0v) is 18.8. The van der Waals surface area contributed by atoms with E-state index < -0.39 is 23.7 Å². The molecule has 4 bridgehead atoms. The van der Waals surface area contributed by atoms with E-state index in [-0.39, 0.29) is 45.7 Å². The van der Waals surface area contributed by atoms with E-state index in [0.717, 1.165) is 38.5 Å². The molecule has 1 aromatic rings. The number of aliphatic imine (C=N–C) groups is 1.